The van der Waals surface area contributed by atoms with E-state index in [-0.39, 0.29) is 5.75 Å². The average Bonchev–Trinajstić information content (AvgIpc) is 2.13. The smallest absolute Gasteiger partial charge is 0.194 e. The van der Waals surface area contributed by atoms with E-state index in [4.69, 9.17) is 4.74 Å². The van der Waals surface area contributed by atoms with Gasteiger partial charge in [0.2, 0.25) is 0 Å². The van der Waals surface area contributed by atoms with E-state index in [1.54, 1.807) is 6.07 Å². The van der Waals surface area contributed by atoms with E-state index in [1.807, 2.05) is 6.92 Å². The predicted molar refractivity (Wildman–Crippen MR) is 48.5 cm³/mol. The number of hydrogen-bond acceptors (Lipinski definition) is 2. The molecule has 1 N–H and O–H groups in total. The number of unbranched alkanes of at least 4 members (excludes halogenated alkanes) is 1. The molecule has 0 aliphatic heterocycles. The van der Waals surface area contributed by atoms with Crippen LogP contribution < -0.4 is 4.74 Å². The molecular formula is C10H13FO2. The zero-order valence-electron chi connectivity index (χ0n) is 7.59. The summed E-state index contributed by atoms with van der Waals surface area (Å²) in [7, 11) is 0. The number of benzene rings is 1. The maximum absolute atomic E-state index is 12.8. The average molecular weight is 184 g/mol. The zero-order chi connectivity index (χ0) is 9.68. The molecule has 0 spiro atoms. The first-order chi connectivity index (χ1) is 6.25. The summed E-state index contributed by atoms with van der Waals surface area (Å²) in [6, 6.07) is 4.26. The molecule has 0 atom stereocenters. The van der Waals surface area contributed by atoms with Gasteiger partial charge in [-0.15, -0.1) is 0 Å². The van der Waals surface area contributed by atoms with Crippen molar-refractivity contribution < 1.29 is 14.2 Å². The molecule has 0 amide bonds. The van der Waals surface area contributed by atoms with Gasteiger partial charge in [0.05, 0.1) is 6.61 Å². The SMILES string of the molecule is CCCCOc1cccc(F)c1O. The second-order valence-corrected chi connectivity index (χ2v) is 2.79. The van der Waals surface area contributed by atoms with Crippen molar-refractivity contribution in [3.8, 4) is 11.5 Å². The van der Waals surface area contributed by atoms with Crippen LogP contribution in [0.2, 0.25) is 0 Å². The number of hydrogen-bond donors (Lipinski definition) is 1. The van der Waals surface area contributed by atoms with Crippen molar-refractivity contribution >= 4 is 0 Å². The van der Waals surface area contributed by atoms with Gasteiger partial charge in [0.1, 0.15) is 0 Å². The highest BCUT2D eigenvalue weighted by Gasteiger charge is 2.06. The first kappa shape index (κ1) is 9.84. The van der Waals surface area contributed by atoms with E-state index < -0.39 is 11.6 Å². The Hall–Kier alpha value is -1.25. The van der Waals surface area contributed by atoms with Gasteiger partial charge in [0.25, 0.3) is 0 Å². The van der Waals surface area contributed by atoms with Gasteiger partial charge in [-0.2, -0.15) is 0 Å². The summed E-state index contributed by atoms with van der Waals surface area (Å²) in [5, 5.41) is 9.20. The minimum Gasteiger partial charge on any atom is -0.502 e. The first-order valence-corrected chi connectivity index (χ1v) is 4.36. The van der Waals surface area contributed by atoms with Gasteiger partial charge in [-0.05, 0) is 18.6 Å². The molecule has 1 aromatic rings. The van der Waals surface area contributed by atoms with Gasteiger partial charge in [0.15, 0.2) is 17.3 Å². The lowest BCUT2D eigenvalue weighted by Gasteiger charge is -2.06. The molecule has 0 heterocycles. The molecule has 0 saturated carbocycles. The van der Waals surface area contributed by atoms with Crippen LogP contribution in [0.3, 0.4) is 0 Å². The Kier molecular flexibility index (Phi) is 3.55. The molecule has 0 aliphatic carbocycles. The third-order valence-corrected chi connectivity index (χ3v) is 1.71. The van der Waals surface area contributed by atoms with E-state index in [2.05, 4.69) is 0 Å². The third kappa shape index (κ3) is 2.61. The first-order valence-electron chi connectivity index (χ1n) is 4.36. The fourth-order valence-electron chi connectivity index (χ4n) is 0.938. The van der Waals surface area contributed by atoms with E-state index in [9.17, 15) is 9.50 Å². The van der Waals surface area contributed by atoms with Crippen molar-refractivity contribution in [1.82, 2.24) is 0 Å². The molecule has 0 aliphatic rings. The van der Waals surface area contributed by atoms with Gasteiger partial charge in [-0.25, -0.2) is 4.39 Å². The van der Waals surface area contributed by atoms with Crippen LogP contribution in [0.5, 0.6) is 11.5 Å². The Bertz CT molecular complexity index is 274. The molecule has 0 bridgehead atoms. The largest absolute Gasteiger partial charge is 0.502 e. The fraction of sp³-hybridized carbons (Fsp3) is 0.400. The molecule has 0 unspecified atom stereocenters. The van der Waals surface area contributed by atoms with E-state index in [1.165, 1.54) is 12.1 Å². The number of rotatable bonds is 4. The fourth-order valence-corrected chi connectivity index (χ4v) is 0.938. The standard InChI is InChI=1S/C10H13FO2/c1-2-3-7-13-9-6-4-5-8(11)10(9)12/h4-6,12H,2-3,7H2,1H3. The number of phenols is 1. The number of halogens is 1. The van der Waals surface area contributed by atoms with Gasteiger partial charge >= 0.3 is 0 Å². The van der Waals surface area contributed by atoms with Crippen LogP contribution in [-0.4, -0.2) is 11.7 Å². The van der Waals surface area contributed by atoms with E-state index in [0.717, 1.165) is 12.8 Å². The molecule has 2 nitrogen and oxygen atoms in total. The molecule has 0 aromatic heterocycles. The van der Waals surface area contributed by atoms with Crippen LogP contribution in [-0.2, 0) is 0 Å². The lowest BCUT2D eigenvalue weighted by Crippen LogP contribution is -1.97. The summed E-state index contributed by atoms with van der Waals surface area (Å²) in [5.41, 5.74) is 0. The normalized spacial score (nSPS) is 10.0. The van der Waals surface area contributed by atoms with Crippen LogP contribution in [0, 0.1) is 5.82 Å². The number of aromatic hydroxyl groups is 1. The summed E-state index contributed by atoms with van der Waals surface area (Å²) in [6.07, 6.45) is 1.91. The number of phenolic OH excluding ortho intramolecular Hbond substituents is 1. The molecule has 72 valence electrons. The Labute approximate surface area is 77.0 Å². The molecule has 1 rings (SSSR count). The Morgan fingerprint density at radius 3 is 2.92 bits per heavy atom. The molecular weight excluding hydrogens is 171 g/mol. The molecule has 0 radical (unpaired) electrons. The molecule has 0 saturated heterocycles. The second kappa shape index (κ2) is 4.70. The van der Waals surface area contributed by atoms with Crippen molar-refractivity contribution in [3.05, 3.63) is 24.0 Å². The topological polar surface area (TPSA) is 29.5 Å². The zero-order valence-corrected chi connectivity index (χ0v) is 7.59. The second-order valence-electron chi connectivity index (χ2n) is 2.79. The summed E-state index contributed by atoms with van der Waals surface area (Å²) >= 11 is 0. The van der Waals surface area contributed by atoms with Gasteiger partial charge < -0.3 is 9.84 Å². The summed E-state index contributed by atoms with van der Waals surface area (Å²) in [4.78, 5) is 0. The van der Waals surface area contributed by atoms with Crippen LogP contribution in [0.4, 0.5) is 4.39 Å². The predicted octanol–water partition coefficient (Wildman–Crippen LogP) is 2.71. The quantitative estimate of drug-likeness (QED) is 0.729. The van der Waals surface area contributed by atoms with E-state index in [0.29, 0.717) is 6.61 Å². The van der Waals surface area contributed by atoms with E-state index >= 15 is 0 Å². The Morgan fingerprint density at radius 2 is 2.23 bits per heavy atom. The highest BCUT2D eigenvalue weighted by atomic mass is 19.1. The molecule has 3 heteroatoms. The van der Waals surface area contributed by atoms with Crippen molar-refractivity contribution in [2.24, 2.45) is 0 Å². The van der Waals surface area contributed by atoms with Crippen molar-refractivity contribution in [3.63, 3.8) is 0 Å². The maximum atomic E-state index is 12.8. The number of para-hydroxylation sites is 1. The van der Waals surface area contributed by atoms with Crippen LogP contribution >= 0.6 is 0 Å². The third-order valence-electron chi connectivity index (χ3n) is 1.71. The summed E-state index contributed by atoms with van der Waals surface area (Å²) in [5.74, 6) is -0.832. The summed E-state index contributed by atoms with van der Waals surface area (Å²) < 4.78 is 17.9. The monoisotopic (exact) mass is 184 g/mol. The van der Waals surface area contributed by atoms with Crippen LogP contribution in [0.1, 0.15) is 19.8 Å². The molecule has 0 fully saturated rings. The van der Waals surface area contributed by atoms with Gasteiger partial charge in [0, 0.05) is 0 Å². The van der Waals surface area contributed by atoms with Crippen molar-refractivity contribution in [1.29, 1.82) is 0 Å². The Morgan fingerprint density at radius 1 is 1.46 bits per heavy atom. The lowest BCUT2D eigenvalue weighted by molar-refractivity contribution is 0.287. The maximum Gasteiger partial charge on any atom is 0.194 e. The van der Waals surface area contributed by atoms with Gasteiger partial charge in [-0.3, -0.25) is 0 Å². The minimum absolute atomic E-state index is 0.216. The Balaban J connectivity index is 2.61. The van der Waals surface area contributed by atoms with Crippen molar-refractivity contribution in [2.75, 3.05) is 6.61 Å². The van der Waals surface area contributed by atoms with Crippen LogP contribution in [0.25, 0.3) is 0 Å². The van der Waals surface area contributed by atoms with Crippen LogP contribution in [0.15, 0.2) is 18.2 Å². The lowest BCUT2D eigenvalue weighted by atomic mass is 10.3. The minimum atomic E-state index is -0.644. The molecule has 1 aromatic carbocycles. The highest BCUT2D eigenvalue weighted by molar-refractivity contribution is 5.39. The highest BCUT2D eigenvalue weighted by Crippen LogP contribution is 2.28. The summed E-state index contributed by atoms with van der Waals surface area (Å²) in [6.45, 7) is 2.54. The molecule has 13 heavy (non-hydrogen) atoms. The van der Waals surface area contributed by atoms with Crippen molar-refractivity contribution in [2.45, 2.75) is 19.8 Å². The number of ether oxygens (including phenoxy) is 1. The van der Waals surface area contributed by atoms with Gasteiger partial charge in [-0.1, -0.05) is 19.4 Å².